The van der Waals surface area contributed by atoms with Crippen LogP contribution in [0.25, 0.3) is 0 Å². The van der Waals surface area contributed by atoms with Crippen LogP contribution in [0.3, 0.4) is 0 Å². The van der Waals surface area contributed by atoms with Crippen LogP contribution in [-0.4, -0.2) is 61.7 Å². The Morgan fingerprint density at radius 2 is 2.04 bits per heavy atom. The molecule has 0 radical (unpaired) electrons. The van der Waals surface area contributed by atoms with Gasteiger partial charge >= 0.3 is 0 Å². The monoisotopic (exact) mass is 637 g/mol. The van der Waals surface area contributed by atoms with Crippen molar-refractivity contribution in [2.45, 2.75) is 117 Å². The Labute approximate surface area is 272 Å². The number of hydrogen-bond acceptors (Lipinski definition) is 6. The molecule has 2 aromatic heterocycles. The third-order valence-corrected chi connectivity index (χ3v) is 10.3. The van der Waals surface area contributed by atoms with E-state index < -0.39 is 17.1 Å². The molecule has 2 aromatic rings. The lowest BCUT2D eigenvalue weighted by molar-refractivity contribution is -0.126. The summed E-state index contributed by atoms with van der Waals surface area (Å²) < 4.78 is 22.8. The molecule has 3 fully saturated rings. The summed E-state index contributed by atoms with van der Waals surface area (Å²) in [5.41, 5.74) is 2.36. The molecule has 5 rings (SSSR count). The zero-order valence-electron chi connectivity index (χ0n) is 28.6. The number of imidazole rings is 1. The number of H-pyrrole nitrogens is 1. The van der Waals surface area contributed by atoms with E-state index in [1.54, 1.807) is 25.5 Å². The molecule has 4 heterocycles. The average molecular weight is 638 g/mol. The van der Waals surface area contributed by atoms with Crippen LogP contribution in [0.2, 0.25) is 0 Å². The van der Waals surface area contributed by atoms with Crippen LogP contribution < -0.4 is 10.6 Å². The first-order chi connectivity index (χ1) is 21.7. The van der Waals surface area contributed by atoms with Crippen molar-refractivity contribution >= 4 is 23.5 Å². The van der Waals surface area contributed by atoms with Crippen LogP contribution in [0, 0.1) is 17.3 Å². The van der Waals surface area contributed by atoms with Gasteiger partial charge in [0.05, 0.1) is 29.2 Å². The van der Waals surface area contributed by atoms with Crippen LogP contribution in [-0.2, 0) is 16.6 Å². The van der Waals surface area contributed by atoms with Gasteiger partial charge in [0.15, 0.2) is 0 Å². The summed E-state index contributed by atoms with van der Waals surface area (Å²) in [5.74, 6) is 0.336. The number of aliphatic imine (C=N–C) groups is 1. The van der Waals surface area contributed by atoms with E-state index >= 15 is 4.39 Å². The van der Waals surface area contributed by atoms with Crippen LogP contribution in [0.15, 0.2) is 34.6 Å². The molecular formula is C35H52FN7O3. The second-order valence-electron chi connectivity index (χ2n) is 15.0. The van der Waals surface area contributed by atoms with E-state index in [4.69, 9.17) is 9.73 Å². The number of aromatic nitrogens is 4. The largest absolute Gasteiger partial charge is 0.376 e. The maximum Gasteiger partial charge on any atom is 0.270 e. The van der Waals surface area contributed by atoms with Gasteiger partial charge in [-0.1, -0.05) is 19.4 Å². The first-order valence-electron chi connectivity index (χ1n) is 16.9. The number of carbonyl (C=O) groups excluding carboxylic acids is 2. The predicted molar refractivity (Wildman–Crippen MR) is 177 cm³/mol. The number of aryl methyl sites for hydroxylation is 1. The first kappa shape index (κ1) is 34.0. The fraction of sp³-hybridized carbons (Fsp3) is 0.686. The predicted octanol–water partition coefficient (Wildman–Crippen LogP) is 6.45. The van der Waals surface area contributed by atoms with E-state index in [1.807, 2.05) is 13.8 Å². The van der Waals surface area contributed by atoms with E-state index in [9.17, 15) is 9.59 Å². The molecule has 1 saturated carbocycles. The van der Waals surface area contributed by atoms with Gasteiger partial charge in [-0.3, -0.25) is 14.3 Å². The molecule has 0 bridgehead atoms. The van der Waals surface area contributed by atoms with Gasteiger partial charge in [-0.2, -0.15) is 5.10 Å². The minimum Gasteiger partial charge on any atom is -0.376 e. The van der Waals surface area contributed by atoms with Gasteiger partial charge in [0.2, 0.25) is 11.9 Å². The molecule has 2 aliphatic heterocycles. The molecule has 3 aliphatic rings. The number of nitrogens with zero attached hydrogens (tertiary/aromatic N) is 4. The van der Waals surface area contributed by atoms with Gasteiger partial charge in [-0.25, -0.2) is 14.4 Å². The lowest BCUT2D eigenvalue weighted by atomic mass is 9.78. The Balaban J connectivity index is 1.46. The highest BCUT2D eigenvalue weighted by atomic mass is 19.1. The van der Waals surface area contributed by atoms with Gasteiger partial charge in [-0.05, 0) is 103 Å². The van der Waals surface area contributed by atoms with Gasteiger partial charge in [0.25, 0.3) is 5.91 Å². The molecule has 252 valence electrons. The summed E-state index contributed by atoms with van der Waals surface area (Å²) in [5, 5.41) is 10.3. The van der Waals surface area contributed by atoms with Crippen molar-refractivity contribution in [3.63, 3.8) is 0 Å². The highest BCUT2D eigenvalue weighted by Gasteiger charge is 2.55. The fourth-order valence-corrected chi connectivity index (χ4v) is 7.03. The smallest absolute Gasteiger partial charge is 0.270 e. The third kappa shape index (κ3) is 7.78. The number of aromatic amines is 1. The minimum atomic E-state index is -1.16. The quantitative estimate of drug-likeness (QED) is 0.231. The maximum absolute atomic E-state index is 15.2. The minimum absolute atomic E-state index is 0.0934. The molecule has 46 heavy (non-hydrogen) atoms. The summed E-state index contributed by atoms with van der Waals surface area (Å²) in [6.45, 7) is 13.7. The normalized spacial score (nSPS) is 23.4. The zero-order chi connectivity index (χ0) is 33.3. The van der Waals surface area contributed by atoms with Gasteiger partial charge < -0.3 is 20.4 Å². The molecule has 3 unspecified atom stereocenters. The van der Waals surface area contributed by atoms with Crippen molar-refractivity contribution in [3.05, 3.63) is 41.0 Å². The van der Waals surface area contributed by atoms with Crippen LogP contribution >= 0.6 is 0 Å². The molecule has 3 atom stereocenters. The Morgan fingerprint density at radius 3 is 2.67 bits per heavy atom. The molecular weight excluding hydrogens is 585 g/mol. The number of allylic oxidation sites excluding steroid dienone is 2. The lowest BCUT2D eigenvalue weighted by Gasteiger charge is -2.37. The second kappa shape index (κ2) is 13.4. The average Bonchev–Trinajstić information content (AvgIpc) is 3.37. The molecule has 1 aliphatic carbocycles. The molecule has 3 N–H and O–H groups in total. The number of carbonyl (C=O) groups is 2. The van der Waals surface area contributed by atoms with Crippen LogP contribution in [0.5, 0.6) is 0 Å². The first-order valence-corrected chi connectivity index (χ1v) is 16.9. The van der Waals surface area contributed by atoms with Crippen molar-refractivity contribution < 1.29 is 18.7 Å². The number of alkyl halides is 1. The standard InChI is InChI=1S/C35H52FN7O3/c1-22(2)25(19-23-9-8-16-37-30(23)44)29(24-12-18-46-34(5,6)20-24)42-32-38-21-27(41-32)26(10-13-33(3,4)35(36)14-15-35)40-31(45)28-11-17-39-43(28)7/h11,17,21,23-24,26H,8-10,12-16,18-20H2,1-7H3,(H,37,44)(H,38,41)(H,40,45)/b42-29-. The van der Waals surface area contributed by atoms with Crippen molar-refractivity contribution in [2.75, 3.05) is 13.2 Å². The van der Waals surface area contributed by atoms with E-state index in [0.717, 1.165) is 49.1 Å². The Kier molecular flexibility index (Phi) is 9.92. The Bertz CT molecular complexity index is 1480. The summed E-state index contributed by atoms with van der Waals surface area (Å²) >= 11 is 0. The lowest BCUT2D eigenvalue weighted by Crippen LogP contribution is -2.39. The second-order valence-corrected chi connectivity index (χ2v) is 15.0. The number of halogens is 1. The number of rotatable bonds is 12. The third-order valence-electron chi connectivity index (χ3n) is 10.3. The van der Waals surface area contributed by atoms with Gasteiger partial charge in [0, 0.05) is 38.2 Å². The van der Waals surface area contributed by atoms with Crippen molar-refractivity contribution in [3.8, 4) is 0 Å². The topological polar surface area (TPSA) is 126 Å². The maximum atomic E-state index is 15.2. The van der Waals surface area contributed by atoms with E-state index in [0.29, 0.717) is 56.0 Å². The zero-order valence-corrected chi connectivity index (χ0v) is 28.6. The number of hydrogen-bond donors (Lipinski definition) is 3. The van der Waals surface area contributed by atoms with Crippen LogP contribution in [0.4, 0.5) is 10.3 Å². The Morgan fingerprint density at radius 1 is 1.28 bits per heavy atom. The highest BCUT2D eigenvalue weighted by molar-refractivity contribution is 6.04. The van der Waals surface area contributed by atoms with E-state index in [1.165, 1.54) is 4.68 Å². The number of amides is 2. The molecule has 2 saturated heterocycles. The molecule has 10 nitrogen and oxygen atoms in total. The van der Waals surface area contributed by atoms with Gasteiger partial charge in [0.1, 0.15) is 11.4 Å². The van der Waals surface area contributed by atoms with Crippen molar-refractivity contribution in [2.24, 2.45) is 29.3 Å². The Hall–Kier alpha value is -3.34. The van der Waals surface area contributed by atoms with Crippen molar-refractivity contribution in [1.29, 1.82) is 0 Å². The number of nitrogens with one attached hydrogen (secondary N) is 3. The fourth-order valence-electron chi connectivity index (χ4n) is 7.03. The molecule has 0 aromatic carbocycles. The molecule has 0 spiro atoms. The molecule has 2 amide bonds. The number of piperidine rings is 1. The van der Waals surface area contributed by atoms with E-state index in [2.05, 4.69) is 53.4 Å². The van der Waals surface area contributed by atoms with Crippen LogP contribution in [0.1, 0.15) is 122 Å². The highest BCUT2D eigenvalue weighted by Crippen LogP contribution is 2.55. The summed E-state index contributed by atoms with van der Waals surface area (Å²) in [4.78, 5) is 39.4. The summed E-state index contributed by atoms with van der Waals surface area (Å²) in [6, 6.07) is 1.24. The number of ether oxygens (including phenoxy) is 1. The molecule has 11 heteroatoms. The van der Waals surface area contributed by atoms with Gasteiger partial charge in [-0.15, -0.1) is 0 Å². The SMILES string of the molecule is CC(C)=C(CC1CCCNC1=O)/C(=N\c1ncc(C(CCC(C)(C)C2(F)CC2)NC(=O)c2ccnn2C)[nH]1)C1CCOC(C)(C)C1. The summed E-state index contributed by atoms with van der Waals surface area (Å²) in [6.07, 6.45) is 9.68. The van der Waals surface area contributed by atoms with Crippen molar-refractivity contribution in [1.82, 2.24) is 30.4 Å². The summed E-state index contributed by atoms with van der Waals surface area (Å²) in [7, 11) is 1.73. The van der Waals surface area contributed by atoms with E-state index in [-0.39, 0.29) is 29.3 Å².